The van der Waals surface area contributed by atoms with Gasteiger partial charge in [0, 0.05) is 24.2 Å². The summed E-state index contributed by atoms with van der Waals surface area (Å²) in [5.41, 5.74) is 6.95. The number of nitrogens with two attached hydrogens (primary N) is 1. The normalized spacial score (nSPS) is 10.5. The van der Waals surface area contributed by atoms with Gasteiger partial charge in [-0.3, -0.25) is 4.79 Å². The van der Waals surface area contributed by atoms with Crippen molar-refractivity contribution in [1.82, 2.24) is 4.98 Å². The van der Waals surface area contributed by atoms with Crippen LogP contribution in [-0.2, 0) is 6.54 Å². The Morgan fingerprint density at radius 2 is 2.10 bits per heavy atom. The summed E-state index contributed by atoms with van der Waals surface area (Å²) in [4.78, 5) is 18.7. The summed E-state index contributed by atoms with van der Waals surface area (Å²) < 4.78 is 0. The molecule has 0 unspecified atom stereocenters. The molecule has 2 rings (SSSR count). The van der Waals surface area contributed by atoms with Gasteiger partial charge in [-0.15, -0.1) is 11.3 Å². The minimum atomic E-state index is -0.0550. The van der Waals surface area contributed by atoms with Crippen molar-refractivity contribution in [1.29, 1.82) is 0 Å². The lowest BCUT2D eigenvalue weighted by molar-refractivity contribution is 0.0982. The first-order chi connectivity index (χ1) is 9.76. The number of carbonyl (C=O) groups is 1. The van der Waals surface area contributed by atoms with E-state index in [1.165, 1.54) is 11.3 Å². The Morgan fingerprint density at radius 3 is 2.70 bits per heavy atom. The van der Waals surface area contributed by atoms with Gasteiger partial charge in [0.05, 0.1) is 0 Å². The number of hydrogen-bond donors (Lipinski definition) is 1. The molecule has 0 spiro atoms. The van der Waals surface area contributed by atoms with Gasteiger partial charge in [-0.25, -0.2) is 4.98 Å². The Bertz CT molecular complexity index is 553. The van der Waals surface area contributed by atoms with Crippen molar-refractivity contribution in [3.63, 3.8) is 0 Å². The molecule has 106 valence electrons. The summed E-state index contributed by atoms with van der Waals surface area (Å²) >= 11 is 1.43. The number of hydrogen-bond acceptors (Lipinski definition) is 4. The highest BCUT2D eigenvalue weighted by Crippen LogP contribution is 2.19. The van der Waals surface area contributed by atoms with Crippen LogP contribution in [0.1, 0.15) is 35.3 Å². The van der Waals surface area contributed by atoms with E-state index in [1.807, 2.05) is 30.3 Å². The van der Waals surface area contributed by atoms with Crippen LogP contribution in [0, 0.1) is 0 Å². The molecule has 2 aromatic rings. The highest BCUT2D eigenvalue weighted by molar-refractivity contribution is 7.09. The maximum Gasteiger partial charge on any atom is 0.277 e. The molecule has 0 radical (unpaired) electrons. The molecule has 0 atom stereocenters. The first kappa shape index (κ1) is 14.7. The van der Waals surface area contributed by atoms with Crippen LogP contribution in [0.15, 0.2) is 35.7 Å². The van der Waals surface area contributed by atoms with Gasteiger partial charge < -0.3 is 10.6 Å². The van der Waals surface area contributed by atoms with Crippen molar-refractivity contribution < 1.29 is 4.79 Å². The average Bonchev–Trinajstić information content (AvgIpc) is 2.97. The van der Waals surface area contributed by atoms with E-state index in [1.54, 1.807) is 10.3 Å². The fourth-order valence-electron chi connectivity index (χ4n) is 1.91. The third kappa shape index (κ3) is 3.43. The van der Waals surface area contributed by atoms with Gasteiger partial charge in [-0.05, 0) is 18.6 Å². The zero-order chi connectivity index (χ0) is 14.4. The van der Waals surface area contributed by atoms with Crippen molar-refractivity contribution in [3.8, 4) is 0 Å². The van der Waals surface area contributed by atoms with Gasteiger partial charge in [0.2, 0.25) is 0 Å². The third-order valence-electron chi connectivity index (χ3n) is 2.99. The number of nitrogens with zero attached hydrogens (tertiary/aromatic N) is 2. The number of anilines is 1. The average molecular weight is 289 g/mol. The molecule has 0 aliphatic carbocycles. The Labute approximate surface area is 123 Å². The summed E-state index contributed by atoms with van der Waals surface area (Å²) in [7, 11) is 0. The van der Waals surface area contributed by atoms with Crippen LogP contribution in [0.5, 0.6) is 0 Å². The van der Waals surface area contributed by atoms with Crippen molar-refractivity contribution in [3.05, 3.63) is 46.4 Å². The number of unbranched alkanes of at least 4 members (excludes halogenated alkanes) is 1. The smallest absolute Gasteiger partial charge is 0.277 e. The second kappa shape index (κ2) is 7.17. The first-order valence-electron chi connectivity index (χ1n) is 6.77. The van der Waals surface area contributed by atoms with Crippen molar-refractivity contribution in [2.75, 3.05) is 11.4 Å². The van der Waals surface area contributed by atoms with Crippen LogP contribution < -0.4 is 10.6 Å². The third-order valence-corrected chi connectivity index (χ3v) is 3.86. The number of thiazole rings is 1. The second-order valence-electron chi connectivity index (χ2n) is 4.48. The van der Waals surface area contributed by atoms with Crippen LogP contribution in [0.3, 0.4) is 0 Å². The minimum absolute atomic E-state index is 0.0550. The number of aromatic nitrogens is 1. The Morgan fingerprint density at radius 1 is 1.35 bits per heavy atom. The van der Waals surface area contributed by atoms with E-state index in [4.69, 9.17) is 5.73 Å². The molecule has 2 N–H and O–H groups in total. The van der Waals surface area contributed by atoms with E-state index < -0.39 is 0 Å². The molecule has 0 saturated heterocycles. The van der Waals surface area contributed by atoms with Gasteiger partial charge in [0.1, 0.15) is 10.7 Å². The van der Waals surface area contributed by atoms with Crippen LogP contribution in [0.4, 0.5) is 5.69 Å². The van der Waals surface area contributed by atoms with Crippen molar-refractivity contribution >= 4 is 22.9 Å². The topological polar surface area (TPSA) is 59.2 Å². The lowest BCUT2D eigenvalue weighted by Gasteiger charge is -2.21. The van der Waals surface area contributed by atoms with Gasteiger partial charge in [0.15, 0.2) is 0 Å². The van der Waals surface area contributed by atoms with E-state index in [0.29, 0.717) is 18.8 Å². The highest BCUT2D eigenvalue weighted by Gasteiger charge is 2.19. The second-order valence-corrected chi connectivity index (χ2v) is 5.42. The SMILES string of the molecule is CCCCN(C(=O)c1csc(CN)n1)c1ccccc1. The number of carbonyl (C=O) groups excluding carboxylic acids is 1. The maximum atomic E-state index is 12.6. The molecule has 20 heavy (non-hydrogen) atoms. The Balaban J connectivity index is 2.24. The van der Waals surface area contributed by atoms with E-state index in [0.717, 1.165) is 23.5 Å². The molecule has 0 saturated carbocycles. The number of rotatable bonds is 6. The molecule has 0 aliphatic rings. The maximum absolute atomic E-state index is 12.6. The molecule has 4 nitrogen and oxygen atoms in total. The molecule has 0 aliphatic heterocycles. The molecule has 5 heteroatoms. The fraction of sp³-hybridized carbons (Fsp3) is 0.333. The predicted molar refractivity (Wildman–Crippen MR) is 83.0 cm³/mol. The van der Waals surface area contributed by atoms with Crippen LogP contribution in [0.2, 0.25) is 0 Å². The Kier molecular flexibility index (Phi) is 5.26. The molecule has 1 aromatic carbocycles. The summed E-state index contributed by atoms with van der Waals surface area (Å²) in [5, 5.41) is 2.57. The summed E-state index contributed by atoms with van der Waals surface area (Å²) in [6, 6.07) is 9.72. The van der Waals surface area contributed by atoms with Crippen molar-refractivity contribution in [2.24, 2.45) is 5.73 Å². The number of benzene rings is 1. The molecular weight excluding hydrogens is 270 g/mol. The molecule has 1 amide bonds. The first-order valence-corrected chi connectivity index (χ1v) is 7.65. The van der Waals surface area contributed by atoms with Gasteiger partial charge >= 0.3 is 0 Å². The zero-order valence-corrected chi connectivity index (χ0v) is 12.4. The van der Waals surface area contributed by atoms with Crippen molar-refractivity contribution in [2.45, 2.75) is 26.3 Å². The summed E-state index contributed by atoms with van der Waals surface area (Å²) in [6.45, 7) is 3.19. The minimum Gasteiger partial charge on any atom is -0.325 e. The van der Waals surface area contributed by atoms with E-state index in [-0.39, 0.29) is 5.91 Å². The highest BCUT2D eigenvalue weighted by atomic mass is 32.1. The van der Waals surface area contributed by atoms with Gasteiger partial charge in [0.25, 0.3) is 5.91 Å². The largest absolute Gasteiger partial charge is 0.325 e. The van der Waals surface area contributed by atoms with E-state index in [2.05, 4.69) is 11.9 Å². The number of amides is 1. The molecule has 0 fully saturated rings. The lowest BCUT2D eigenvalue weighted by Crippen LogP contribution is -2.32. The molecule has 0 bridgehead atoms. The summed E-state index contributed by atoms with van der Waals surface area (Å²) in [5.74, 6) is -0.0550. The quantitative estimate of drug-likeness (QED) is 0.889. The molecule has 1 aromatic heterocycles. The zero-order valence-electron chi connectivity index (χ0n) is 11.6. The summed E-state index contributed by atoms with van der Waals surface area (Å²) in [6.07, 6.45) is 2.01. The molecule has 1 heterocycles. The van der Waals surface area contributed by atoms with E-state index in [9.17, 15) is 4.79 Å². The predicted octanol–water partition coefficient (Wildman–Crippen LogP) is 3.05. The van der Waals surface area contributed by atoms with Gasteiger partial charge in [-0.1, -0.05) is 31.5 Å². The fourth-order valence-corrected chi connectivity index (χ4v) is 2.56. The van der Waals surface area contributed by atoms with Crippen LogP contribution >= 0.6 is 11.3 Å². The van der Waals surface area contributed by atoms with Crippen LogP contribution in [-0.4, -0.2) is 17.4 Å². The monoisotopic (exact) mass is 289 g/mol. The van der Waals surface area contributed by atoms with E-state index >= 15 is 0 Å². The molecular formula is C15H19N3OS. The standard InChI is InChI=1S/C15H19N3OS/c1-2-3-9-18(12-7-5-4-6-8-12)15(19)13-11-20-14(10-16)17-13/h4-8,11H,2-3,9-10,16H2,1H3. The van der Waals surface area contributed by atoms with Gasteiger partial charge in [-0.2, -0.15) is 0 Å². The van der Waals surface area contributed by atoms with Crippen LogP contribution in [0.25, 0.3) is 0 Å². The lowest BCUT2D eigenvalue weighted by atomic mass is 10.2. The Hall–Kier alpha value is -1.72. The number of para-hydroxylation sites is 1.